The highest BCUT2D eigenvalue weighted by molar-refractivity contribution is 7.14. The molecule has 0 fully saturated rings. The second-order valence-corrected chi connectivity index (χ2v) is 8.15. The van der Waals surface area contributed by atoms with Gasteiger partial charge in [-0.05, 0) is 36.8 Å². The molecule has 6 nitrogen and oxygen atoms in total. The molecule has 156 valence electrons. The van der Waals surface area contributed by atoms with Crippen molar-refractivity contribution >= 4 is 33.8 Å². The maximum absolute atomic E-state index is 6.01. The molecule has 2 heterocycles. The summed E-state index contributed by atoms with van der Waals surface area (Å²) < 4.78 is 16.5. The van der Waals surface area contributed by atoms with Crippen LogP contribution in [0, 0.1) is 0 Å². The molecule has 8 heteroatoms. The molecule has 1 aromatic heterocycles. The second-order valence-electron chi connectivity index (χ2n) is 6.88. The molecule has 0 saturated heterocycles. The lowest BCUT2D eigenvalue weighted by Gasteiger charge is -2.23. The number of nitrogens with zero attached hydrogens (tertiary/aromatic N) is 3. The number of hydrazone groups is 1. The Morgan fingerprint density at radius 3 is 2.30 bits per heavy atom. The Bertz CT molecular complexity index is 1060. The first-order valence-corrected chi connectivity index (χ1v) is 10.6. The molecule has 0 spiro atoms. The largest absolute Gasteiger partial charge is 0.493 e. The molecule has 30 heavy (non-hydrogen) atoms. The van der Waals surface area contributed by atoms with Crippen molar-refractivity contribution < 1.29 is 14.2 Å². The number of ether oxygens (including phenoxy) is 3. The number of anilines is 1. The Labute approximate surface area is 184 Å². The van der Waals surface area contributed by atoms with Crippen LogP contribution in [0.25, 0.3) is 11.3 Å². The second kappa shape index (κ2) is 8.53. The third-order valence-corrected chi connectivity index (χ3v) is 6.04. The lowest BCUT2D eigenvalue weighted by Crippen LogP contribution is -2.18. The van der Waals surface area contributed by atoms with Crippen LogP contribution in [0.2, 0.25) is 5.02 Å². The number of halogens is 1. The van der Waals surface area contributed by atoms with E-state index in [0.717, 1.165) is 34.1 Å². The Morgan fingerprint density at radius 1 is 1.03 bits per heavy atom. The van der Waals surface area contributed by atoms with E-state index in [1.165, 1.54) is 0 Å². The predicted octanol–water partition coefficient (Wildman–Crippen LogP) is 5.82. The molecule has 1 atom stereocenters. The number of rotatable bonds is 6. The quantitative estimate of drug-likeness (QED) is 0.480. The molecule has 4 rings (SSSR count). The lowest BCUT2D eigenvalue weighted by atomic mass is 10.0. The van der Waals surface area contributed by atoms with E-state index in [9.17, 15) is 0 Å². The molecule has 0 radical (unpaired) electrons. The normalized spacial score (nSPS) is 15.8. The van der Waals surface area contributed by atoms with Gasteiger partial charge in [0.25, 0.3) is 0 Å². The topological polar surface area (TPSA) is 56.2 Å². The monoisotopic (exact) mass is 443 g/mol. The third kappa shape index (κ3) is 3.82. The van der Waals surface area contributed by atoms with Crippen LogP contribution in [0.5, 0.6) is 17.2 Å². The smallest absolute Gasteiger partial charge is 0.207 e. The van der Waals surface area contributed by atoms with Gasteiger partial charge >= 0.3 is 0 Å². The van der Waals surface area contributed by atoms with Crippen LogP contribution in [-0.2, 0) is 0 Å². The maximum Gasteiger partial charge on any atom is 0.207 e. The average molecular weight is 444 g/mol. The minimum atomic E-state index is -0.0112. The zero-order chi connectivity index (χ0) is 21.3. The first-order valence-electron chi connectivity index (χ1n) is 9.38. The molecule has 0 aliphatic carbocycles. The van der Waals surface area contributed by atoms with Gasteiger partial charge in [0.05, 0.1) is 33.1 Å². The van der Waals surface area contributed by atoms with Gasteiger partial charge < -0.3 is 14.2 Å². The van der Waals surface area contributed by atoms with Gasteiger partial charge in [-0.15, -0.1) is 11.3 Å². The minimum Gasteiger partial charge on any atom is -0.493 e. The van der Waals surface area contributed by atoms with E-state index in [0.29, 0.717) is 22.3 Å². The summed E-state index contributed by atoms with van der Waals surface area (Å²) in [4.78, 5) is 4.83. The lowest BCUT2D eigenvalue weighted by molar-refractivity contribution is 0.323. The number of benzene rings is 2. The summed E-state index contributed by atoms with van der Waals surface area (Å²) in [6, 6.07) is 11.6. The van der Waals surface area contributed by atoms with Crippen molar-refractivity contribution in [3.05, 3.63) is 52.4 Å². The van der Waals surface area contributed by atoms with Crippen molar-refractivity contribution in [3.8, 4) is 28.5 Å². The van der Waals surface area contributed by atoms with Crippen molar-refractivity contribution in [3.63, 3.8) is 0 Å². The molecular formula is C22H22ClN3O3S. The summed E-state index contributed by atoms with van der Waals surface area (Å²) in [6.07, 6.45) is 0.786. The minimum absolute atomic E-state index is 0.0112. The maximum atomic E-state index is 6.01. The van der Waals surface area contributed by atoms with Crippen molar-refractivity contribution in [2.45, 2.75) is 19.4 Å². The molecule has 0 amide bonds. The van der Waals surface area contributed by atoms with Gasteiger partial charge in [-0.25, -0.2) is 9.99 Å². The molecule has 0 unspecified atom stereocenters. The summed E-state index contributed by atoms with van der Waals surface area (Å²) in [6.45, 7) is 2.03. The zero-order valence-corrected chi connectivity index (χ0v) is 18.8. The average Bonchev–Trinajstić information content (AvgIpc) is 3.40. The van der Waals surface area contributed by atoms with E-state index in [2.05, 4.69) is 0 Å². The summed E-state index contributed by atoms with van der Waals surface area (Å²) in [7, 11) is 4.84. The van der Waals surface area contributed by atoms with E-state index in [-0.39, 0.29) is 6.04 Å². The van der Waals surface area contributed by atoms with Gasteiger partial charge in [0.1, 0.15) is 0 Å². The number of methoxy groups -OCH3 is 3. The Kier molecular flexibility index (Phi) is 5.83. The van der Waals surface area contributed by atoms with Gasteiger partial charge in [0, 0.05) is 28.1 Å². The third-order valence-electron chi connectivity index (χ3n) is 4.96. The number of thiazole rings is 1. The Morgan fingerprint density at radius 2 is 1.70 bits per heavy atom. The highest BCUT2D eigenvalue weighted by Crippen LogP contribution is 2.44. The number of hydrogen-bond donors (Lipinski definition) is 0. The van der Waals surface area contributed by atoms with Crippen molar-refractivity contribution in [1.29, 1.82) is 0 Å². The molecule has 2 aromatic carbocycles. The summed E-state index contributed by atoms with van der Waals surface area (Å²) in [5, 5.41) is 10.3. The van der Waals surface area contributed by atoms with Gasteiger partial charge in [-0.2, -0.15) is 5.10 Å². The summed E-state index contributed by atoms with van der Waals surface area (Å²) >= 11 is 7.57. The fourth-order valence-electron chi connectivity index (χ4n) is 3.51. The summed E-state index contributed by atoms with van der Waals surface area (Å²) in [5.41, 5.74) is 3.98. The Balaban J connectivity index is 1.70. The fourth-order valence-corrected chi connectivity index (χ4v) is 4.47. The number of aromatic nitrogens is 1. The van der Waals surface area contributed by atoms with Gasteiger partial charge in [0.15, 0.2) is 11.5 Å². The molecular weight excluding hydrogens is 422 g/mol. The van der Waals surface area contributed by atoms with Crippen LogP contribution in [0.1, 0.15) is 24.9 Å². The van der Waals surface area contributed by atoms with Crippen molar-refractivity contribution in [1.82, 2.24) is 4.98 Å². The van der Waals surface area contributed by atoms with Crippen LogP contribution in [0.4, 0.5) is 5.13 Å². The first kappa shape index (κ1) is 20.5. The summed E-state index contributed by atoms with van der Waals surface area (Å²) in [5.74, 6) is 1.82. The van der Waals surface area contributed by atoms with Gasteiger partial charge in [0.2, 0.25) is 10.9 Å². The van der Waals surface area contributed by atoms with E-state index in [1.807, 2.05) is 53.7 Å². The van der Waals surface area contributed by atoms with Gasteiger partial charge in [-0.3, -0.25) is 0 Å². The zero-order valence-electron chi connectivity index (χ0n) is 17.2. The number of hydrogen-bond acceptors (Lipinski definition) is 7. The highest BCUT2D eigenvalue weighted by atomic mass is 35.5. The van der Waals surface area contributed by atoms with Crippen molar-refractivity contribution in [2.75, 3.05) is 26.3 Å². The van der Waals surface area contributed by atoms with Crippen LogP contribution in [0.3, 0.4) is 0 Å². The molecule has 0 saturated carbocycles. The molecule has 3 aromatic rings. The van der Waals surface area contributed by atoms with E-state index in [4.69, 9.17) is 35.9 Å². The highest BCUT2D eigenvalue weighted by Gasteiger charge is 2.31. The van der Waals surface area contributed by atoms with Crippen LogP contribution in [0.15, 0.2) is 46.9 Å². The van der Waals surface area contributed by atoms with Gasteiger partial charge in [-0.1, -0.05) is 23.7 Å². The Hall–Kier alpha value is -2.77. The standard InChI is InChI=1S/C22H22ClN3O3S/c1-13-9-18(15-10-19(27-2)21(29-4)20(11-15)28-3)26(25-13)22-24-17(12-30-22)14-5-7-16(23)8-6-14/h5-8,10-12,18H,9H2,1-4H3/t18-/m1/s1. The SMILES string of the molecule is COc1cc([C@H]2CC(C)=NN2c2nc(-c3ccc(Cl)cc3)cs2)cc(OC)c1OC. The van der Waals surface area contributed by atoms with Crippen LogP contribution < -0.4 is 19.2 Å². The van der Waals surface area contributed by atoms with E-state index < -0.39 is 0 Å². The predicted molar refractivity (Wildman–Crippen MR) is 122 cm³/mol. The molecule has 0 bridgehead atoms. The van der Waals surface area contributed by atoms with Crippen molar-refractivity contribution in [2.24, 2.45) is 5.10 Å². The van der Waals surface area contributed by atoms with Crippen LogP contribution in [-0.4, -0.2) is 32.0 Å². The molecule has 0 N–H and O–H groups in total. The molecule has 1 aliphatic heterocycles. The van der Waals surface area contributed by atoms with Crippen LogP contribution >= 0.6 is 22.9 Å². The van der Waals surface area contributed by atoms with E-state index >= 15 is 0 Å². The molecule has 1 aliphatic rings. The first-order chi connectivity index (χ1) is 14.5. The van der Waals surface area contributed by atoms with E-state index in [1.54, 1.807) is 32.7 Å². The fraction of sp³-hybridized carbons (Fsp3) is 0.273.